The Bertz CT molecular complexity index is 1410. The van der Waals surface area contributed by atoms with Crippen molar-refractivity contribution in [2.24, 2.45) is 0 Å². The summed E-state index contributed by atoms with van der Waals surface area (Å²) in [6.45, 7) is 4.54. The Hall–Kier alpha value is -4.08. The average molecular weight is 492 g/mol. The molecule has 0 aliphatic heterocycles. The van der Waals surface area contributed by atoms with Gasteiger partial charge < -0.3 is 24.8 Å². The first-order chi connectivity index (χ1) is 17.3. The summed E-state index contributed by atoms with van der Waals surface area (Å²) in [7, 11) is 0. The summed E-state index contributed by atoms with van der Waals surface area (Å²) in [4.78, 5) is 24.8. The van der Waals surface area contributed by atoms with E-state index in [1.54, 1.807) is 0 Å². The lowest BCUT2D eigenvalue weighted by Gasteiger charge is -2.16. The highest BCUT2D eigenvalue weighted by Crippen LogP contribution is 2.31. The second kappa shape index (κ2) is 11.1. The van der Waals surface area contributed by atoms with Crippen LogP contribution in [0, 0.1) is 13.8 Å². The second-order valence-corrected chi connectivity index (χ2v) is 8.68. The van der Waals surface area contributed by atoms with Crippen molar-refractivity contribution in [3.05, 3.63) is 104 Å². The lowest BCUT2D eigenvalue weighted by molar-refractivity contribution is 0.0536. The minimum Gasteiger partial charge on any atom is -0.491 e. The number of ether oxygens (including phenoxy) is 1. The smallest absolute Gasteiger partial charge is 0.440 e. The number of hydrogen-bond acceptors (Lipinski definition) is 7. The van der Waals surface area contributed by atoms with Crippen molar-refractivity contribution in [2.45, 2.75) is 33.0 Å². The van der Waals surface area contributed by atoms with E-state index in [1.807, 2.05) is 56.3 Å². The largest absolute Gasteiger partial charge is 0.491 e. The molecule has 1 aromatic heterocycles. The zero-order valence-electron chi connectivity index (χ0n) is 20.2. The number of H-pyrrole nitrogens is 1. The predicted molar refractivity (Wildman–Crippen MR) is 136 cm³/mol. The standard InChI is InChI=1S/C27H29N3O6/c1-17-10-24(35-16-23(32)15-31)11-18(2)25(17)21-5-3-4-20(12-21)13-28-22-8-6-19(7-9-22)14-30-26(33)29-27(34)36-30/h3-12,23,28,31-32H,13-16H2,1-2H3,(H,29,33,34)/t23-/m1/s1. The van der Waals surface area contributed by atoms with Gasteiger partial charge in [-0.15, -0.1) is 4.74 Å². The fourth-order valence-corrected chi connectivity index (χ4v) is 4.06. The molecule has 0 spiro atoms. The van der Waals surface area contributed by atoms with E-state index < -0.39 is 17.5 Å². The normalized spacial score (nSPS) is 11.9. The first kappa shape index (κ1) is 25.0. The maximum atomic E-state index is 11.6. The number of nitrogens with zero attached hydrogens (tertiary/aromatic N) is 1. The maximum absolute atomic E-state index is 11.6. The number of hydrogen-bond donors (Lipinski definition) is 4. The van der Waals surface area contributed by atoms with Gasteiger partial charge in [0, 0.05) is 12.2 Å². The van der Waals surface area contributed by atoms with Gasteiger partial charge in [-0.05, 0) is 77.6 Å². The van der Waals surface area contributed by atoms with Crippen LogP contribution in [0.4, 0.5) is 5.69 Å². The number of aromatic amines is 1. The Morgan fingerprint density at radius 2 is 1.75 bits per heavy atom. The molecule has 188 valence electrons. The topological polar surface area (TPSA) is 130 Å². The summed E-state index contributed by atoms with van der Waals surface area (Å²) in [6, 6.07) is 19.7. The van der Waals surface area contributed by atoms with Crippen molar-refractivity contribution in [1.29, 1.82) is 0 Å². The van der Waals surface area contributed by atoms with Crippen molar-refractivity contribution in [3.8, 4) is 16.9 Å². The molecule has 0 aliphatic rings. The van der Waals surface area contributed by atoms with Gasteiger partial charge in [0.15, 0.2) is 0 Å². The summed E-state index contributed by atoms with van der Waals surface area (Å²) in [5.41, 5.74) is 6.63. The molecule has 36 heavy (non-hydrogen) atoms. The van der Waals surface area contributed by atoms with Gasteiger partial charge in [-0.1, -0.05) is 30.3 Å². The molecule has 0 bridgehead atoms. The van der Waals surface area contributed by atoms with Gasteiger partial charge in [-0.3, -0.25) is 0 Å². The molecule has 1 atom stereocenters. The lowest BCUT2D eigenvalue weighted by Crippen LogP contribution is -2.21. The predicted octanol–water partition coefficient (Wildman–Crippen LogP) is 2.81. The van der Waals surface area contributed by atoms with E-state index in [2.05, 4.69) is 28.5 Å². The molecule has 0 saturated heterocycles. The van der Waals surface area contributed by atoms with Crippen LogP contribution in [0.25, 0.3) is 11.1 Å². The van der Waals surface area contributed by atoms with Crippen LogP contribution in [-0.2, 0) is 13.1 Å². The van der Waals surface area contributed by atoms with E-state index in [-0.39, 0.29) is 19.8 Å². The Labute approximate surface area is 207 Å². The highest BCUT2D eigenvalue weighted by atomic mass is 16.5. The number of aliphatic hydroxyl groups is 2. The van der Waals surface area contributed by atoms with E-state index in [1.165, 1.54) is 0 Å². The first-order valence-corrected chi connectivity index (χ1v) is 11.6. The summed E-state index contributed by atoms with van der Waals surface area (Å²) in [5, 5.41) is 21.9. The van der Waals surface area contributed by atoms with Gasteiger partial charge in [0.1, 0.15) is 18.5 Å². The van der Waals surface area contributed by atoms with Crippen LogP contribution >= 0.6 is 0 Å². The third-order valence-electron chi connectivity index (χ3n) is 5.78. The zero-order valence-corrected chi connectivity index (χ0v) is 20.2. The van der Waals surface area contributed by atoms with Gasteiger partial charge in [0.25, 0.3) is 0 Å². The van der Waals surface area contributed by atoms with Crippen LogP contribution in [0.5, 0.6) is 5.75 Å². The number of benzene rings is 3. The third-order valence-corrected chi connectivity index (χ3v) is 5.78. The number of aryl methyl sites for hydroxylation is 2. The second-order valence-electron chi connectivity index (χ2n) is 8.68. The van der Waals surface area contributed by atoms with Gasteiger partial charge in [-0.2, -0.15) is 0 Å². The van der Waals surface area contributed by atoms with E-state index >= 15 is 0 Å². The fraction of sp³-hybridized carbons (Fsp3) is 0.259. The van der Waals surface area contributed by atoms with Crippen LogP contribution in [0.15, 0.2) is 74.8 Å². The van der Waals surface area contributed by atoms with Crippen LogP contribution in [-0.4, -0.2) is 39.3 Å². The first-order valence-electron chi connectivity index (χ1n) is 11.6. The summed E-state index contributed by atoms with van der Waals surface area (Å²) in [5.74, 6) is -0.112. The molecule has 3 aromatic carbocycles. The van der Waals surface area contributed by atoms with Gasteiger partial charge in [0.05, 0.1) is 13.2 Å². The molecule has 4 aromatic rings. The molecular formula is C27H29N3O6. The van der Waals surface area contributed by atoms with E-state index in [4.69, 9.17) is 14.4 Å². The van der Waals surface area contributed by atoms with Crippen LogP contribution in [0.3, 0.4) is 0 Å². The van der Waals surface area contributed by atoms with Crippen molar-refractivity contribution in [2.75, 3.05) is 18.5 Å². The molecular weight excluding hydrogens is 462 g/mol. The highest BCUT2D eigenvalue weighted by Gasteiger charge is 2.11. The molecule has 0 unspecified atom stereocenters. The number of rotatable bonds is 10. The molecule has 0 amide bonds. The van der Waals surface area contributed by atoms with Crippen molar-refractivity contribution >= 4 is 5.69 Å². The number of aliphatic hydroxyl groups excluding tert-OH is 2. The monoisotopic (exact) mass is 491 g/mol. The fourth-order valence-electron chi connectivity index (χ4n) is 4.06. The van der Waals surface area contributed by atoms with E-state index in [0.29, 0.717) is 12.3 Å². The van der Waals surface area contributed by atoms with Crippen LogP contribution < -0.4 is 21.5 Å². The zero-order chi connectivity index (χ0) is 25.7. The lowest BCUT2D eigenvalue weighted by atomic mass is 9.94. The molecule has 4 rings (SSSR count). The van der Waals surface area contributed by atoms with E-state index in [0.717, 1.165) is 43.8 Å². The SMILES string of the molecule is Cc1cc(OC[C@H](O)CO)cc(C)c1-c1cccc(CNc2ccc(Cn3oc(=O)[nH]c3=O)cc2)c1. The molecule has 0 saturated carbocycles. The van der Waals surface area contributed by atoms with E-state index in [9.17, 15) is 14.7 Å². The van der Waals surface area contributed by atoms with Gasteiger partial charge in [-0.25, -0.2) is 14.6 Å². The summed E-state index contributed by atoms with van der Waals surface area (Å²) in [6.07, 6.45) is -0.906. The van der Waals surface area contributed by atoms with Crippen LogP contribution in [0.2, 0.25) is 0 Å². The summed E-state index contributed by atoms with van der Waals surface area (Å²) >= 11 is 0. The van der Waals surface area contributed by atoms with Crippen molar-refractivity contribution < 1.29 is 19.5 Å². The quantitative estimate of drug-likeness (QED) is 0.268. The highest BCUT2D eigenvalue weighted by molar-refractivity contribution is 5.72. The summed E-state index contributed by atoms with van der Waals surface area (Å²) < 4.78 is 11.4. The molecule has 0 radical (unpaired) electrons. The Balaban J connectivity index is 1.42. The van der Waals surface area contributed by atoms with Gasteiger partial charge >= 0.3 is 11.4 Å². The number of aromatic nitrogens is 2. The molecule has 0 fully saturated rings. The Morgan fingerprint density at radius 3 is 2.39 bits per heavy atom. The molecule has 9 nitrogen and oxygen atoms in total. The van der Waals surface area contributed by atoms with Gasteiger partial charge in [0.2, 0.25) is 0 Å². The molecule has 9 heteroatoms. The third kappa shape index (κ3) is 6.12. The Morgan fingerprint density at radius 1 is 1.03 bits per heavy atom. The van der Waals surface area contributed by atoms with Crippen molar-refractivity contribution in [3.63, 3.8) is 0 Å². The average Bonchev–Trinajstić information content (AvgIpc) is 3.18. The minimum atomic E-state index is -0.906. The Kier molecular flexibility index (Phi) is 7.72. The molecule has 1 heterocycles. The minimum absolute atomic E-state index is 0.0396. The van der Waals surface area contributed by atoms with Crippen molar-refractivity contribution in [1.82, 2.24) is 9.72 Å². The maximum Gasteiger partial charge on any atom is 0.440 e. The molecule has 4 N–H and O–H groups in total. The molecule has 0 aliphatic carbocycles. The number of nitrogens with one attached hydrogen (secondary N) is 2. The van der Waals surface area contributed by atoms with Crippen LogP contribution in [0.1, 0.15) is 22.3 Å². The number of anilines is 1.